The minimum Gasteiger partial charge on any atom is -0.305 e. The third kappa shape index (κ3) is 2.36. The lowest BCUT2D eigenvalue weighted by Gasteiger charge is -2.09. The Balaban J connectivity index is 2.15. The van der Waals surface area contributed by atoms with Crippen LogP contribution in [0.15, 0.2) is 30.7 Å². The van der Waals surface area contributed by atoms with Crippen LogP contribution in [0.25, 0.3) is 11.2 Å². The number of pyridine rings is 1. The smallest absolute Gasteiger partial charge is 0.160 e. The lowest BCUT2D eigenvalue weighted by molar-refractivity contribution is 0.718. The molecule has 0 aliphatic rings. The van der Waals surface area contributed by atoms with Gasteiger partial charge in [-0.25, -0.2) is 19.9 Å². The molecule has 3 rings (SSSR count). The molecule has 0 saturated heterocycles. The van der Waals surface area contributed by atoms with Gasteiger partial charge in [0.2, 0.25) is 0 Å². The summed E-state index contributed by atoms with van der Waals surface area (Å²) in [5.41, 5.74) is 3.55. The van der Waals surface area contributed by atoms with Crippen LogP contribution >= 0.6 is 11.6 Å². The van der Waals surface area contributed by atoms with Gasteiger partial charge in [-0.1, -0.05) is 0 Å². The molecule has 0 N–H and O–H groups in total. The van der Waals surface area contributed by atoms with Gasteiger partial charge in [-0.2, -0.15) is 0 Å². The van der Waals surface area contributed by atoms with Crippen molar-refractivity contribution in [3.8, 4) is 0 Å². The molecule has 3 heterocycles. The first-order chi connectivity index (χ1) is 9.65. The monoisotopic (exact) mass is 287 g/mol. The Kier molecular flexibility index (Phi) is 3.36. The third-order valence-corrected chi connectivity index (χ3v) is 3.28. The summed E-state index contributed by atoms with van der Waals surface area (Å²) in [6.07, 6.45) is 3.26. The lowest BCUT2D eigenvalue weighted by Crippen LogP contribution is -2.08. The summed E-state index contributed by atoms with van der Waals surface area (Å²) in [6, 6.07) is 5.80. The summed E-state index contributed by atoms with van der Waals surface area (Å²) in [5.74, 6) is 0.804. The van der Waals surface area contributed by atoms with E-state index in [1.807, 2.05) is 36.6 Å². The second-order valence-corrected chi connectivity index (χ2v) is 5.32. The highest BCUT2D eigenvalue weighted by atomic mass is 35.5. The first-order valence-corrected chi connectivity index (χ1v) is 6.81. The van der Waals surface area contributed by atoms with Crippen molar-refractivity contribution in [3.63, 3.8) is 0 Å². The molecule has 5 nitrogen and oxygen atoms in total. The van der Waals surface area contributed by atoms with Crippen LogP contribution in [-0.2, 0) is 6.54 Å². The average Bonchev–Trinajstić information content (AvgIpc) is 2.78. The van der Waals surface area contributed by atoms with E-state index in [1.54, 1.807) is 6.20 Å². The number of fused-ring (bicyclic) bond motifs is 1. The Hall–Kier alpha value is -2.01. The van der Waals surface area contributed by atoms with Crippen LogP contribution in [-0.4, -0.2) is 24.5 Å². The third-order valence-electron chi connectivity index (χ3n) is 3.08. The highest BCUT2D eigenvalue weighted by Gasteiger charge is 2.16. The Labute approximate surface area is 121 Å². The second kappa shape index (κ2) is 5.17. The summed E-state index contributed by atoms with van der Waals surface area (Å²) >= 11 is 6.24. The normalized spacial score (nSPS) is 12.8. The fourth-order valence-corrected chi connectivity index (χ4v) is 2.31. The zero-order valence-corrected chi connectivity index (χ0v) is 12.0. The maximum Gasteiger partial charge on any atom is 0.160 e. The van der Waals surface area contributed by atoms with E-state index in [1.165, 1.54) is 6.33 Å². The van der Waals surface area contributed by atoms with Crippen molar-refractivity contribution in [2.45, 2.75) is 25.8 Å². The van der Waals surface area contributed by atoms with Crippen molar-refractivity contribution in [2.75, 3.05) is 0 Å². The first-order valence-electron chi connectivity index (χ1n) is 6.38. The SMILES string of the molecule is Cc1ccc2nc(C(C)Cl)n(Cc3ccncn3)c2n1. The van der Waals surface area contributed by atoms with Crippen molar-refractivity contribution in [1.29, 1.82) is 0 Å². The van der Waals surface area contributed by atoms with E-state index in [0.29, 0.717) is 6.54 Å². The molecule has 0 aromatic carbocycles. The van der Waals surface area contributed by atoms with E-state index in [2.05, 4.69) is 19.9 Å². The van der Waals surface area contributed by atoms with E-state index in [0.717, 1.165) is 28.4 Å². The summed E-state index contributed by atoms with van der Waals surface area (Å²) < 4.78 is 2.02. The lowest BCUT2D eigenvalue weighted by atomic mass is 10.3. The van der Waals surface area contributed by atoms with Gasteiger partial charge in [0.15, 0.2) is 5.65 Å². The predicted octanol–water partition coefficient (Wildman–Crippen LogP) is 2.88. The van der Waals surface area contributed by atoms with Gasteiger partial charge in [-0.05, 0) is 32.0 Å². The van der Waals surface area contributed by atoms with Crippen LogP contribution in [0.4, 0.5) is 0 Å². The number of hydrogen-bond acceptors (Lipinski definition) is 4. The highest BCUT2D eigenvalue weighted by molar-refractivity contribution is 6.20. The Morgan fingerprint density at radius 1 is 1.25 bits per heavy atom. The second-order valence-electron chi connectivity index (χ2n) is 4.67. The van der Waals surface area contributed by atoms with Crippen LogP contribution in [0.3, 0.4) is 0 Å². The Morgan fingerprint density at radius 3 is 2.80 bits per heavy atom. The number of rotatable bonds is 3. The van der Waals surface area contributed by atoms with E-state index < -0.39 is 0 Å². The molecule has 0 saturated carbocycles. The van der Waals surface area contributed by atoms with E-state index in [9.17, 15) is 0 Å². The van der Waals surface area contributed by atoms with Crippen LogP contribution < -0.4 is 0 Å². The zero-order chi connectivity index (χ0) is 14.1. The summed E-state index contributed by atoms with van der Waals surface area (Å²) in [5, 5.41) is -0.189. The van der Waals surface area contributed by atoms with Crippen molar-refractivity contribution in [3.05, 3.63) is 47.9 Å². The van der Waals surface area contributed by atoms with Crippen molar-refractivity contribution < 1.29 is 0 Å². The maximum absolute atomic E-state index is 6.24. The molecule has 1 atom stereocenters. The zero-order valence-electron chi connectivity index (χ0n) is 11.3. The molecule has 3 aromatic heterocycles. The molecule has 6 heteroatoms. The highest BCUT2D eigenvalue weighted by Crippen LogP contribution is 2.24. The van der Waals surface area contributed by atoms with Crippen LogP contribution in [0, 0.1) is 6.92 Å². The summed E-state index contributed by atoms with van der Waals surface area (Å²) in [4.78, 5) is 17.3. The number of aryl methyl sites for hydroxylation is 1. The molecule has 20 heavy (non-hydrogen) atoms. The fraction of sp³-hybridized carbons (Fsp3) is 0.286. The molecule has 3 aromatic rings. The van der Waals surface area contributed by atoms with Crippen LogP contribution in [0.1, 0.15) is 29.5 Å². The van der Waals surface area contributed by atoms with Gasteiger partial charge in [0.05, 0.1) is 17.6 Å². The number of imidazole rings is 1. The molecule has 0 bridgehead atoms. The van der Waals surface area contributed by atoms with Crippen molar-refractivity contribution >= 4 is 22.8 Å². The topological polar surface area (TPSA) is 56.5 Å². The van der Waals surface area contributed by atoms with Gasteiger partial charge < -0.3 is 4.57 Å². The van der Waals surface area contributed by atoms with Crippen LogP contribution in [0.2, 0.25) is 0 Å². The van der Waals surface area contributed by atoms with Crippen LogP contribution in [0.5, 0.6) is 0 Å². The molecule has 1 unspecified atom stereocenters. The standard InChI is InChI=1S/C14H14ClN5/c1-9-3-4-12-14(18-9)20(13(19-12)10(2)15)7-11-5-6-16-8-17-11/h3-6,8,10H,7H2,1-2H3. The maximum atomic E-state index is 6.24. The van der Waals surface area contributed by atoms with E-state index in [4.69, 9.17) is 11.6 Å². The molecule has 0 aliphatic carbocycles. The quantitative estimate of drug-likeness (QED) is 0.695. The number of aromatic nitrogens is 5. The van der Waals surface area contributed by atoms with Crippen molar-refractivity contribution in [2.24, 2.45) is 0 Å². The van der Waals surface area contributed by atoms with Gasteiger partial charge in [0.1, 0.15) is 17.7 Å². The van der Waals surface area contributed by atoms with Gasteiger partial charge in [0, 0.05) is 11.9 Å². The minimum absolute atomic E-state index is 0.189. The average molecular weight is 288 g/mol. The number of alkyl halides is 1. The molecule has 0 spiro atoms. The van der Waals surface area contributed by atoms with Gasteiger partial charge in [-0.3, -0.25) is 0 Å². The molecule has 102 valence electrons. The number of hydrogen-bond donors (Lipinski definition) is 0. The fourth-order valence-electron chi connectivity index (χ4n) is 2.15. The summed E-state index contributed by atoms with van der Waals surface area (Å²) in [7, 11) is 0. The number of nitrogens with zero attached hydrogens (tertiary/aromatic N) is 5. The Bertz CT molecular complexity index is 736. The van der Waals surface area contributed by atoms with Crippen molar-refractivity contribution in [1.82, 2.24) is 24.5 Å². The van der Waals surface area contributed by atoms with Gasteiger partial charge in [0.25, 0.3) is 0 Å². The molecular weight excluding hydrogens is 274 g/mol. The largest absolute Gasteiger partial charge is 0.305 e. The predicted molar refractivity (Wildman–Crippen MR) is 77.7 cm³/mol. The number of halogens is 1. The van der Waals surface area contributed by atoms with Gasteiger partial charge in [-0.15, -0.1) is 11.6 Å². The Morgan fingerprint density at radius 2 is 2.10 bits per heavy atom. The summed E-state index contributed by atoms with van der Waals surface area (Å²) in [6.45, 7) is 4.46. The first kappa shape index (κ1) is 13.0. The minimum atomic E-state index is -0.189. The molecule has 0 aliphatic heterocycles. The van der Waals surface area contributed by atoms with E-state index >= 15 is 0 Å². The molecule has 0 amide bonds. The molecular formula is C14H14ClN5. The van der Waals surface area contributed by atoms with E-state index in [-0.39, 0.29) is 5.38 Å². The molecule has 0 radical (unpaired) electrons. The van der Waals surface area contributed by atoms with Gasteiger partial charge >= 0.3 is 0 Å². The molecule has 0 fully saturated rings.